The maximum absolute atomic E-state index is 12.2. The van der Waals surface area contributed by atoms with Crippen molar-refractivity contribution in [2.45, 2.75) is 65.8 Å². The Morgan fingerprint density at radius 1 is 1.28 bits per heavy atom. The molecule has 2 aromatic rings. The van der Waals surface area contributed by atoms with Gasteiger partial charge in [-0.1, -0.05) is 0 Å². The van der Waals surface area contributed by atoms with Crippen molar-refractivity contribution < 1.29 is 4.79 Å². The summed E-state index contributed by atoms with van der Waals surface area (Å²) in [6, 6.07) is 0.642. The fourth-order valence-corrected chi connectivity index (χ4v) is 3.17. The van der Waals surface area contributed by atoms with E-state index in [1.165, 1.54) is 5.56 Å². The molecule has 0 fully saturated rings. The fraction of sp³-hybridized carbons (Fsp3) is 0.611. The topological polar surface area (TPSA) is 68.0 Å². The first-order valence-electron chi connectivity index (χ1n) is 9.00. The quantitative estimate of drug-likeness (QED) is 0.904. The van der Waals surface area contributed by atoms with E-state index in [0.717, 1.165) is 25.5 Å². The number of aromatic nitrogens is 4. The Balaban J connectivity index is 1.73. The van der Waals surface area contributed by atoms with Gasteiger partial charge in [0, 0.05) is 49.7 Å². The van der Waals surface area contributed by atoms with Gasteiger partial charge in [0.2, 0.25) is 0 Å². The van der Waals surface area contributed by atoms with Crippen LogP contribution in [0.3, 0.4) is 0 Å². The second-order valence-electron chi connectivity index (χ2n) is 7.37. The molecule has 1 atom stereocenters. The zero-order chi connectivity index (χ0) is 18.1. The first kappa shape index (κ1) is 17.7. The summed E-state index contributed by atoms with van der Waals surface area (Å²) in [6.45, 7) is 12.9. The van der Waals surface area contributed by atoms with Crippen molar-refractivity contribution >= 4 is 5.91 Å². The summed E-state index contributed by atoms with van der Waals surface area (Å²) >= 11 is 0. The smallest absolute Gasteiger partial charge is 0.271 e. The number of carbonyl (C=O) groups is 1. The van der Waals surface area contributed by atoms with Crippen LogP contribution < -0.4 is 5.32 Å². The van der Waals surface area contributed by atoms with Gasteiger partial charge in [-0.2, -0.15) is 5.10 Å². The third kappa shape index (κ3) is 3.76. The van der Waals surface area contributed by atoms with Crippen LogP contribution in [0.4, 0.5) is 0 Å². The van der Waals surface area contributed by atoms with Crippen LogP contribution in [0.5, 0.6) is 0 Å². The Kier molecular flexibility index (Phi) is 4.94. The molecule has 0 aromatic carbocycles. The lowest BCUT2D eigenvalue weighted by Gasteiger charge is -2.33. The van der Waals surface area contributed by atoms with Crippen molar-refractivity contribution in [3.63, 3.8) is 0 Å². The molecule has 1 amide bonds. The first-order chi connectivity index (χ1) is 11.8. The van der Waals surface area contributed by atoms with Crippen molar-refractivity contribution in [3.05, 3.63) is 35.7 Å². The molecule has 1 unspecified atom stereocenters. The van der Waals surface area contributed by atoms with E-state index < -0.39 is 0 Å². The highest BCUT2D eigenvalue weighted by Gasteiger charge is 2.28. The van der Waals surface area contributed by atoms with Gasteiger partial charge in [0.25, 0.3) is 5.91 Å². The highest BCUT2D eigenvalue weighted by molar-refractivity contribution is 5.92. The maximum atomic E-state index is 12.2. The highest BCUT2D eigenvalue weighted by atomic mass is 16.2. The number of carbonyl (C=O) groups excluding carboxylic acids is 1. The number of hydrogen-bond acceptors (Lipinski definition) is 4. The maximum Gasteiger partial charge on any atom is 0.271 e. The molecule has 25 heavy (non-hydrogen) atoms. The molecular formula is C18H28N6O. The van der Waals surface area contributed by atoms with Crippen molar-refractivity contribution in [3.8, 4) is 0 Å². The summed E-state index contributed by atoms with van der Waals surface area (Å²) in [6.07, 6.45) is 5.92. The molecule has 1 N–H and O–H groups in total. The molecule has 0 bridgehead atoms. The largest absolute Gasteiger partial charge is 0.348 e. The predicted molar refractivity (Wildman–Crippen MR) is 96.3 cm³/mol. The fourth-order valence-electron chi connectivity index (χ4n) is 3.17. The van der Waals surface area contributed by atoms with E-state index in [1.54, 1.807) is 0 Å². The van der Waals surface area contributed by atoms with Crippen LogP contribution in [0, 0.1) is 0 Å². The molecule has 136 valence electrons. The number of nitrogens with one attached hydrogen (secondary N) is 1. The molecule has 0 aliphatic carbocycles. The first-order valence-corrected chi connectivity index (χ1v) is 9.00. The Hall–Kier alpha value is -2.15. The van der Waals surface area contributed by atoms with Crippen LogP contribution >= 0.6 is 0 Å². The van der Waals surface area contributed by atoms with Crippen molar-refractivity contribution in [2.75, 3.05) is 6.54 Å². The second-order valence-corrected chi connectivity index (χ2v) is 7.37. The molecule has 7 nitrogen and oxygen atoms in total. The standard InChI is InChI=1S/C18H28N6O/c1-12(2)20-18(25)16-11-23-7-6-22(14(5)17(23)21-16)9-15-8-19-24(10-15)13(3)4/h8,10-14H,6-7,9H2,1-5H3,(H,20,25). The molecule has 0 spiro atoms. The third-order valence-electron chi connectivity index (χ3n) is 4.58. The molecule has 1 aliphatic heterocycles. The van der Waals surface area contributed by atoms with Gasteiger partial charge in [-0.3, -0.25) is 14.4 Å². The second kappa shape index (κ2) is 7.00. The minimum Gasteiger partial charge on any atom is -0.348 e. The van der Waals surface area contributed by atoms with Crippen LogP contribution in [0.1, 0.15) is 68.6 Å². The highest BCUT2D eigenvalue weighted by Crippen LogP contribution is 2.26. The number of imidazole rings is 1. The zero-order valence-electron chi connectivity index (χ0n) is 15.7. The molecule has 3 heterocycles. The van der Waals surface area contributed by atoms with Crippen LogP contribution in [-0.2, 0) is 13.1 Å². The minimum atomic E-state index is -0.103. The summed E-state index contributed by atoms with van der Waals surface area (Å²) in [5, 5.41) is 7.33. The normalized spacial score (nSPS) is 18.0. The van der Waals surface area contributed by atoms with Crippen LogP contribution in [-0.4, -0.2) is 42.7 Å². The molecule has 1 aliphatic rings. The third-order valence-corrected chi connectivity index (χ3v) is 4.58. The van der Waals surface area contributed by atoms with E-state index in [4.69, 9.17) is 0 Å². The average molecular weight is 344 g/mol. The molecule has 2 aromatic heterocycles. The summed E-state index contributed by atoms with van der Waals surface area (Å²) in [5.41, 5.74) is 1.71. The van der Waals surface area contributed by atoms with Gasteiger partial charge in [0.1, 0.15) is 11.5 Å². The molecule has 7 heteroatoms. The van der Waals surface area contributed by atoms with Gasteiger partial charge in [-0.15, -0.1) is 0 Å². The summed E-state index contributed by atoms with van der Waals surface area (Å²) < 4.78 is 4.09. The SMILES string of the molecule is CC(C)NC(=O)c1cn2c(n1)C(C)N(Cc1cnn(C(C)C)c1)CC2. The van der Waals surface area contributed by atoms with E-state index in [0.29, 0.717) is 11.7 Å². The number of hydrogen-bond donors (Lipinski definition) is 1. The van der Waals surface area contributed by atoms with Gasteiger partial charge in [0.15, 0.2) is 0 Å². The van der Waals surface area contributed by atoms with Crippen LogP contribution in [0.2, 0.25) is 0 Å². The summed E-state index contributed by atoms with van der Waals surface area (Å²) in [4.78, 5) is 19.2. The Labute approximate surface area is 149 Å². The number of nitrogens with zero attached hydrogens (tertiary/aromatic N) is 5. The van der Waals surface area contributed by atoms with Gasteiger partial charge < -0.3 is 9.88 Å². The van der Waals surface area contributed by atoms with Crippen LogP contribution in [0.25, 0.3) is 0 Å². The van der Waals surface area contributed by atoms with E-state index in [2.05, 4.69) is 51.8 Å². The number of amides is 1. The molecule has 0 saturated heterocycles. The monoisotopic (exact) mass is 344 g/mol. The van der Waals surface area contributed by atoms with E-state index >= 15 is 0 Å². The molecule has 0 radical (unpaired) electrons. The lowest BCUT2D eigenvalue weighted by atomic mass is 10.2. The molecule has 3 rings (SSSR count). The Morgan fingerprint density at radius 2 is 2.04 bits per heavy atom. The Morgan fingerprint density at radius 3 is 2.68 bits per heavy atom. The van der Waals surface area contributed by atoms with Gasteiger partial charge in [0.05, 0.1) is 12.2 Å². The van der Waals surface area contributed by atoms with Gasteiger partial charge in [-0.05, 0) is 34.6 Å². The number of fused-ring (bicyclic) bond motifs is 1. The average Bonchev–Trinajstić information content (AvgIpc) is 3.16. The molecular weight excluding hydrogens is 316 g/mol. The molecule has 0 saturated carbocycles. The van der Waals surface area contributed by atoms with Crippen LogP contribution in [0.15, 0.2) is 18.6 Å². The lowest BCUT2D eigenvalue weighted by Crippen LogP contribution is -2.36. The van der Waals surface area contributed by atoms with Gasteiger partial charge >= 0.3 is 0 Å². The van der Waals surface area contributed by atoms with E-state index in [9.17, 15) is 4.79 Å². The van der Waals surface area contributed by atoms with Crippen molar-refractivity contribution in [1.82, 2.24) is 29.5 Å². The number of rotatable bonds is 5. The Bertz CT molecular complexity index is 745. The summed E-state index contributed by atoms with van der Waals surface area (Å²) in [7, 11) is 0. The predicted octanol–water partition coefficient (Wildman–Crippen LogP) is 2.38. The summed E-state index contributed by atoms with van der Waals surface area (Å²) in [5.74, 6) is 0.852. The van der Waals surface area contributed by atoms with Gasteiger partial charge in [-0.25, -0.2) is 4.98 Å². The van der Waals surface area contributed by atoms with Crippen molar-refractivity contribution in [2.24, 2.45) is 0 Å². The van der Waals surface area contributed by atoms with Crippen molar-refractivity contribution in [1.29, 1.82) is 0 Å². The van der Waals surface area contributed by atoms with E-state index in [1.807, 2.05) is 30.9 Å². The lowest BCUT2D eigenvalue weighted by molar-refractivity contribution is 0.0938. The minimum absolute atomic E-state index is 0.103. The van der Waals surface area contributed by atoms with E-state index in [-0.39, 0.29) is 18.0 Å². The zero-order valence-corrected chi connectivity index (χ0v) is 15.7.